The van der Waals surface area contributed by atoms with Gasteiger partial charge in [0.15, 0.2) is 0 Å². The lowest BCUT2D eigenvalue weighted by atomic mass is 9.87. The van der Waals surface area contributed by atoms with Crippen LogP contribution in [-0.2, 0) is 50.0 Å². The third kappa shape index (κ3) is 16.7. The number of allylic oxidation sites excluding steroid dienone is 3. The van der Waals surface area contributed by atoms with E-state index in [2.05, 4.69) is 178 Å². The van der Waals surface area contributed by atoms with Gasteiger partial charge in [-0.3, -0.25) is 25.0 Å². The Kier molecular flexibility index (Phi) is 22.7. The number of aliphatic hydroxyl groups is 2. The Hall–Kier alpha value is -10.9. The van der Waals surface area contributed by atoms with Crippen LogP contribution in [0.15, 0.2) is 197 Å². The predicted molar refractivity (Wildman–Crippen MR) is 473 cm³/mol. The van der Waals surface area contributed by atoms with Crippen molar-refractivity contribution >= 4 is 106 Å². The van der Waals surface area contributed by atoms with Gasteiger partial charge in [-0.05, 0) is 248 Å². The number of fused-ring (bicyclic) bond motifs is 8. The van der Waals surface area contributed by atoms with Crippen LogP contribution in [0.25, 0.3) is 94.4 Å². The van der Waals surface area contributed by atoms with Crippen molar-refractivity contribution in [2.75, 3.05) is 38.0 Å². The predicted octanol–water partition coefficient (Wildman–Crippen LogP) is 20.5. The van der Waals surface area contributed by atoms with E-state index in [1.54, 1.807) is 18.3 Å². The molecule has 3 aliphatic heterocycles. The van der Waals surface area contributed by atoms with Crippen molar-refractivity contribution in [2.24, 2.45) is 4.99 Å². The molecule has 0 radical (unpaired) electrons. The molecule has 16 nitrogen and oxygen atoms in total. The number of halogens is 1. The maximum atomic E-state index is 13.6. The number of rotatable bonds is 18. The molecule has 0 spiro atoms. The standard InChI is InChI=1S/C35H34N6O.C22H23N3.C21H23FN2OS.C17H16N2OS.CH4/c42-35-32(22-25-8-3-1-4-9-25)37-30-24-33-31(23-29(30)39-35)38-34(41(33)21-7-20-40-18-5-2-6-19-40)28-12-10-26(11-13-28)27-14-16-36-17-15-27;1-14-2-3-15-9-18(10-17(15)8-14)22-21-11-19(5-4-16(21)12-24-22)25-20-6-7-23-13-20;1-4-21(25,5-2)16-7-6-13-8-15(9-14(13)10-16)19-20-17(23-24-19)11-18(26-20)12(3)22;1-17(2,20)13-4-3-10-7-12(8-11(10)9-13)15-16-14(18-19-15)5-6-21-16;/h1,3-4,8-17,23-24H,2,5-7,18-22H2,(H,39,42);2-5,8-9,11,20,23,25H,6-7,10,12-13H2,1H3;6-8,10-12,25H,4-5,9H2,1-3H3,(H,23,24);3-7,9,20H,8H2,1-2H3,(H,18,19);1H4. The van der Waals surface area contributed by atoms with Crippen LogP contribution in [0.1, 0.15) is 182 Å². The molecule has 10 heterocycles. The lowest BCUT2D eigenvalue weighted by molar-refractivity contribution is 0.0283. The Morgan fingerprint density at radius 1 is 0.661 bits per heavy atom. The molecule has 3 aliphatic carbocycles. The first kappa shape index (κ1) is 78.0. The molecule has 0 saturated carbocycles. The number of H-pyrrole nitrogens is 3. The van der Waals surface area contributed by atoms with Crippen LogP contribution < -0.4 is 16.2 Å². The Labute approximate surface area is 679 Å². The summed E-state index contributed by atoms with van der Waals surface area (Å²) in [6.07, 6.45) is 20.1. The molecule has 2 atom stereocenters. The number of aromatic amines is 3. The second-order valence-electron chi connectivity index (χ2n) is 31.7. The minimum Gasteiger partial charge on any atom is -0.386 e. The Morgan fingerprint density at radius 3 is 2.04 bits per heavy atom. The van der Waals surface area contributed by atoms with Gasteiger partial charge in [-0.25, -0.2) is 14.4 Å². The number of benzene rings is 7. The van der Waals surface area contributed by atoms with E-state index in [4.69, 9.17) is 15.0 Å². The number of aromatic nitrogens is 9. The summed E-state index contributed by atoms with van der Waals surface area (Å²) in [5.74, 6) is 0.937. The van der Waals surface area contributed by atoms with Gasteiger partial charge in [-0.2, -0.15) is 10.2 Å². The summed E-state index contributed by atoms with van der Waals surface area (Å²) in [4.78, 5) is 38.3. The van der Waals surface area contributed by atoms with E-state index >= 15 is 0 Å². The SMILES string of the molecule is C.CC(C)(O)c1ccc2c(c1)CC(c1n[nH]c3ccsc13)=C2.CCC(O)(CC)c1ccc2c(c1)CC(c1n[nH]c3cc(C(C)F)sc13)=C2.Cc1ccc2c(c1)CC(C1=NCc3ccc(NC4CCNC4)cc31)=C2.O=c1[nH]c2cc3nc(-c4ccc(-c5ccncc5)cc4)n(CCCN4CCCCC4)c3cc2nc1Cc1ccccc1. The van der Waals surface area contributed by atoms with Crippen LogP contribution in [0.4, 0.5) is 10.1 Å². The fourth-order valence-electron chi connectivity index (χ4n) is 16.8. The van der Waals surface area contributed by atoms with E-state index in [1.165, 1.54) is 127 Å². The van der Waals surface area contributed by atoms with Crippen molar-refractivity contribution in [2.45, 2.75) is 156 Å². The average molecular weight is 1570 g/mol. The Morgan fingerprint density at radius 2 is 1.33 bits per heavy atom. The highest BCUT2D eigenvalue weighted by atomic mass is 32.1. The summed E-state index contributed by atoms with van der Waals surface area (Å²) in [6.45, 7) is 18.7. The van der Waals surface area contributed by atoms with Crippen LogP contribution in [0.2, 0.25) is 0 Å². The van der Waals surface area contributed by atoms with Crippen LogP contribution in [-0.4, -0.2) is 104 Å². The minimum absolute atomic E-state index is 0. The second kappa shape index (κ2) is 33.5. The van der Waals surface area contributed by atoms with Crippen LogP contribution in [0, 0.1) is 6.92 Å². The zero-order valence-electron chi connectivity index (χ0n) is 65.5. The molecule has 0 amide bonds. The molecule has 7 N–H and O–H groups in total. The van der Waals surface area contributed by atoms with E-state index in [0.717, 1.165) is 152 Å². The van der Waals surface area contributed by atoms with Gasteiger partial charge in [0, 0.05) is 78.9 Å². The molecule has 2 fully saturated rings. The topological polar surface area (TPSA) is 214 Å². The Balaban J connectivity index is 0.000000119. The van der Waals surface area contributed by atoms with E-state index < -0.39 is 17.4 Å². The van der Waals surface area contributed by atoms with Crippen molar-refractivity contribution < 1.29 is 14.6 Å². The smallest absolute Gasteiger partial charge is 0.270 e. The Bertz CT molecular complexity index is 6070. The molecule has 7 aromatic heterocycles. The summed E-state index contributed by atoms with van der Waals surface area (Å²) in [5.41, 5.74) is 30.3. The van der Waals surface area contributed by atoms with Gasteiger partial charge in [0.25, 0.3) is 5.56 Å². The highest BCUT2D eigenvalue weighted by Gasteiger charge is 2.30. The monoisotopic (exact) mass is 1570 g/mol. The maximum absolute atomic E-state index is 13.6. The molecule has 6 aliphatic rings. The van der Waals surface area contributed by atoms with E-state index in [-0.39, 0.29) is 13.0 Å². The van der Waals surface area contributed by atoms with Gasteiger partial charge in [0.2, 0.25) is 0 Å². The molecule has 14 aromatic rings. The number of imidazole rings is 1. The number of pyridine rings is 1. The third-order valence-corrected chi connectivity index (χ3v) is 25.6. The number of aliphatic imine (C=N–C) groups is 1. The van der Waals surface area contributed by atoms with Gasteiger partial charge < -0.3 is 35.3 Å². The van der Waals surface area contributed by atoms with E-state index in [9.17, 15) is 19.4 Å². The molecular weight excluding hydrogens is 1470 g/mol. The van der Waals surface area contributed by atoms with Crippen molar-refractivity contribution in [3.05, 3.63) is 286 Å². The van der Waals surface area contributed by atoms with Crippen molar-refractivity contribution in [3.8, 4) is 22.5 Å². The highest BCUT2D eigenvalue weighted by Crippen LogP contribution is 2.43. The molecular formula is C96H100FN13O3S2. The van der Waals surface area contributed by atoms with Gasteiger partial charge in [-0.15, -0.1) is 22.7 Å². The van der Waals surface area contributed by atoms with E-state index in [0.29, 0.717) is 36.5 Å². The molecule has 2 unspecified atom stereocenters. The van der Waals surface area contributed by atoms with Gasteiger partial charge >= 0.3 is 0 Å². The number of nitrogens with zero attached hydrogens (tertiary/aromatic N) is 8. The number of aryl methyl sites for hydroxylation is 2. The number of hydrogen-bond acceptors (Lipinski definition) is 14. The summed E-state index contributed by atoms with van der Waals surface area (Å²) in [7, 11) is 0. The highest BCUT2D eigenvalue weighted by molar-refractivity contribution is 7.19. The van der Waals surface area contributed by atoms with Gasteiger partial charge in [0.05, 0.1) is 66.0 Å². The normalized spacial score (nSPS) is 15.8. The molecule has 7 aromatic carbocycles. The van der Waals surface area contributed by atoms with Crippen molar-refractivity contribution in [1.29, 1.82) is 0 Å². The fourth-order valence-corrected chi connectivity index (χ4v) is 18.7. The van der Waals surface area contributed by atoms with Crippen molar-refractivity contribution in [1.82, 2.24) is 55.1 Å². The number of thiophene rings is 2. The third-order valence-electron chi connectivity index (χ3n) is 23.4. The fraction of sp³-hybridized carbons (Fsp3) is 0.302. The summed E-state index contributed by atoms with van der Waals surface area (Å²) < 4.78 is 18.2. The number of hydrogen-bond donors (Lipinski definition) is 7. The number of nitrogens with one attached hydrogen (secondary N) is 5. The quantitative estimate of drug-likeness (QED) is 0.0429. The van der Waals surface area contributed by atoms with Crippen molar-refractivity contribution in [3.63, 3.8) is 0 Å². The van der Waals surface area contributed by atoms with Crippen LogP contribution in [0.3, 0.4) is 0 Å². The summed E-state index contributed by atoms with van der Waals surface area (Å²) >= 11 is 3.19. The number of anilines is 1. The van der Waals surface area contributed by atoms with Crippen LogP contribution in [0.5, 0.6) is 0 Å². The number of piperidine rings is 1. The zero-order chi connectivity index (χ0) is 78.2. The summed E-state index contributed by atoms with van der Waals surface area (Å²) in [6, 6.07) is 57.1. The number of alkyl halides is 1. The first-order valence-electron chi connectivity index (χ1n) is 40.3. The first-order valence-corrected chi connectivity index (χ1v) is 42.0. The molecule has 19 heteroatoms. The molecule has 115 heavy (non-hydrogen) atoms. The second-order valence-corrected chi connectivity index (χ2v) is 33.7. The zero-order valence-corrected chi connectivity index (χ0v) is 67.1. The largest absolute Gasteiger partial charge is 0.386 e. The minimum atomic E-state index is -0.966. The van der Waals surface area contributed by atoms with Gasteiger partial charge in [0.1, 0.15) is 29.1 Å². The first-order chi connectivity index (χ1) is 55.4. The van der Waals surface area contributed by atoms with E-state index in [1.807, 2.05) is 107 Å². The number of likely N-dealkylation sites (tertiary alicyclic amines) is 1. The molecule has 0 bridgehead atoms. The van der Waals surface area contributed by atoms with Crippen LogP contribution >= 0.6 is 22.7 Å². The molecule has 20 rings (SSSR count). The molecule has 586 valence electrons. The summed E-state index contributed by atoms with van der Waals surface area (Å²) in [5, 5.41) is 45.2. The maximum Gasteiger partial charge on any atom is 0.270 e. The lowest BCUT2D eigenvalue weighted by Gasteiger charge is -2.26. The van der Waals surface area contributed by atoms with Gasteiger partial charge in [-0.1, -0.05) is 149 Å². The average Bonchev–Trinajstić information content (AvgIpc) is 1.63. The lowest BCUT2D eigenvalue weighted by Crippen LogP contribution is -2.31. The molecule has 2 saturated heterocycles.